The summed E-state index contributed by atoms with van der Waals surface area (Å²) >= 11 is 0. The van der Waals surface area contributed by atoms with Crippen molar-refractivity contribution in [2.24, 2.45) is 0 Å². The van der Waals surface area contributed by atoms with Gasteiger partial charge in [-0.2, -0.15) is 0 Å². The van der Waals surface area contributed by atoms with Crippen LogP contribution in [0.1, 0.15) is 5.69 Å². The Morgan fingerprint density at radius 3 is 2.78 bits per heavy atom. The fourth-order valence-electron chi connectivity index (χ4n) is 3.36. The van der Waals surface area contributed by atoms with Gasteiger partial charge in [-0.3, -0.25) is 4.98 Å². The number of nitrogens with zero attached hydrogens (tertiary/aromatic N) is 6. The van der Waals surface area contributed by atoms with Crippen LogP contribution in [0.5, 0.6) is 5.88 Å². The van der Waals surface area contributed by atoms with Gasteiger partial charge in [-0.05, 0) is 18.2 Å². The van der Waals surface area contributed by atoms with Gasteiger partial charge in [-0.15, -0.1) is 0 Å². The Balaban J connectivity index is 1.50. The average molecular weight is 356 g/mol. The molecule has 0 unspecified atom stereocenters. The molecule has 0 aliphatic heterocycles. The predicted molar refractivity (Wildman–Crippen MR) is 101 cm³/mol. The number of pyridine rings is 2. The fourth-order valence-corrected chi connectivity index (χ4v) is 3.36. The van der Waals surface area contributed by atoms with E-state index in [1.807, 2.05) is 51.8 Å². The van der Waals surface area contributed by atoms with Crippen molar-refractivity contribution in [2.45, 2.75) is 13.0 Å². The first-order valence-corrected chi connectivity index (χ1v) is 8.64. The summed E-state index contributed by atoms with van der Waals surface area (Å²) in [5, 5.41) is 11.5. The van der Waals surface area contributed by atoms with Crippen molar-refractivity contribution < 1.29 is 5.11 Å². The highest BCUT2D eigenvalue weighted by Gasteiger charge is 2.15. The van der Waals surface area contributed by atoms with E-state index < -0.39 is 0 Å². The summed E-state index contributed by atoms with van der Waals surface area (Å²) in [6, 6.07) is 7.79. The zero-order valence-corrected chi connectivity index (χ0v) is 14.4. The summed E-state index contributed by atoms with van der Waals surface area (Å²) in [5.74, 6) is 0.195. The van der Waals surface area contributed by atoms with Crippen molar-refractivity contribution in [2.75, 3.05) is 0 Å². The first-order chi connectivity index (χ1) is 13.3. The summed E-state index contributed by atoms with van der Waals surface area (Å²) in [7, 11) is 0. The van der Waals surface area contributed by atoms with Crippen LogP contribution in [0.15, 0.2) is 67.8 Å². The lowest BCUT2D eigenvalue weighted by molar-refractivity contribution is 0.422. The van der Waals surface area contributed by atoms with Crippen molar-refractivity contribution in [3.63, 3.8) is 0 Å². The van der Waals surface area contributed by atoms with Gasteiger partial charge in [0.15, 0.2) is 0 Å². The van der Waals surface area contributed by atoms with Crippen LogP contribution in [-0.4, -0.2) is 34.0 Å². The number of rotatable bonds is 4. The van der Waals surface area contributed by atoms with Crippen LogP contribution >= 0.6 is 0 Å². The Morgan fingerprint density at radius 1 is 1.04 bits per heavy atom. The molecule has 0 radical (unpaired) electrons. The van der Waals surface area contributed by atoms with Crippen LogP contribution in [0.2, 0.25) is 0 Å². The molecule has 0 aromatic carbocycles. The van der Waals surface area contributed by atoms with E-state index in [4.69, 9.17) is 0 Å². The molecule has 0 amide bonds. The molecule has 132 valence electrons. The van der Waals surface area contributed by atoms with Gasteiger partial charge in [0.2, 0.25) is 5.88 Å². The molecule has 0 saturated carbocycles. The van der Waals surface area contributed by atoms with E-state index in [0.717, 1.165) is 28.0 Å². The quantitative estimate of drug-likeness (QED) is 0.535. The molecule has 0 spiro atoms. The number of aryl methyl sites for hydroxylation is 2. The predicted octanol–water partition coefficient (Wildman–Crippen LogP) is 3.09. The highest BCUT2D eigenvalue weighted by Crippen LogP contribution is 2.34. The molecule has 0 bridgehead atoms. The molecule has 7 heteroatoms. The minimum Gasteiger partial charge on any atom is -0.494 e. The minimum absolute atomic E-state index is 0.195. The average Bonchev–Trinajstić information content (AvgIpc) is 3.27. The van der Waals surface area contributed by atoms with Crippen molar-refractivity contribution in [1.29, 1.82) is 0 Å². The lowest BCUT2D eigenvalue weighted by Crippen LogP contribution is -1.99. The van der Waals surface area contributed by atoms with Gasteiger partial charge in [0.05, 0.1) is 16.6 Å². The summed E-state index contributed by atoms with van der Waals surface area (Å²) in [6.45, 7) is 0.608. The molecule has 5 aromatic rings. The van der Waals surface area contributed by atoms with E-state index in [9.17, 15) is 5.11 Å². The molecular formula is C20H16N6O. The molecule has 5 aromatic heterocycles. The normalized spacial score (nSPS) is 11.4. The molecule has 7 nitrogen and oxygen atoms in total. The maximum atomic E-state index is 10.8. The molecule has 0 atom stereocenters. The topological polar surface area (TPSA) is 81.1 Å². The monoisotopic (exact) mass is 356 g/mol. The van der Waals surface area contributed by atoms with Crippen LogP contribution in [0.25, 0.3) is 27.7 Å². The highest BCUT2D eigenvalue weighted by molar-refractivity contribution is 5.98. The molecule has 0 fully saturated rings. The van der Waals surface area contributed by atoms with Gasteiger partial charge in [0, 0.05) is 61.3 Å². The molecule has 5 rings (SSSR count). The van der Waals surface area contributed by atoms with E-state index in [0.29, 0.717) is 18.4 Å². The van der Waals surface area contributed by atoms with Gasteiger partial charge in [-0.1, -0.05) is 6.07 Å². The van der Waals surface area contributed by atoms with E-state index in [1.54, 1.807) is 18.6 Å². The van der Waals surface area contributed by atoms with Gasteiger partial charge in [0.25, 0.3) is 0 Å². The third-order valence-electron chi connectivity index (χ3n) is 4.65. The van der Waals surface area contributed by atoms with E-state index >= 15 is 0 Å². The van der Waals surface area contributed by atoms with Crippen LogP contribution in [-0.2, 0) is 13.0 Å². The van der Waals surface area contributed by atoms with E-state index in [1.165, 1.54) is 6.33 Å². The van der Waals surface area contributed by atoms with Crippen LogP contribution < -0.4 is 0 Å². The van der Waals surface area contributed by atoms with Crippen LogP contribution in [0, 0.1) is 0 Å². The van der Waals surface area contributed by atoms with Crippen molar-refractivity contribution in [3.05, 3.63) is 73.5 Å². The van der Waals surface area contributed by atoms with E-state index in [-0.39, 0.29) is 5.88 Å². The summed E-state index contributed by atoms with van der Waals surface area (Å²) in [5.41, 5.74) is 4.34. The number of aromatic hydroxyl groups is 1. The van der Waals surface area contributed by atoms with Crippen molar-refractivity contribution in [1.82, 2.24) is 28.9 Å². The maximum Gasteiger partial charge on any atom is 0.201 e. The number of hydrogen-bond acceptors (Lipinski definition) is 5. The Morgan fingerprint density at radius 2 is 1.93 bits per heavy atom. The fraction of sp³-hybridized carbons (Fsp3) is 0.100. The van der Waals surface area contributed by atoms with Gasteiger partial charge in [-0.25, -0.2) is 15.0 Å². The van der Waals surface area contributed by atoms with Gasteiger partial charge in [0.1, 0.15) is 12.0 Å². The zero-order valence-electron chi connectivity index (χ0n) is 14.4. The lowest BCUT2D eigenvalue weighted by atomic mass is 10.1. The number of fused-ring (bicyclic) bond motifs is 2. The highest BCUT2D eigenvalue weighted by atomic mass is 16.3. The number of aromatic nitrogens is 6. The Bertz CT molecular complexity index is 1210. The summed E-state index contributed by atoms with van der Waals surface area (Å²) in [6.07, 6.45) is 13.3. The molecule has 1 N–H and O–H groups in total. The second-order valence-electron chi connectivity index (χ2n) is 6.34. The second-order valence-corrected chi connectivity index (χ2v) is 6.34. The molecule has 0 aliphatic rings. The SMILES string of the molecule is Oc1c2c(-c3cncnc3)ccnc2cn1CCc1cn2ccccc2n1. The Labute approximate surface area is 154 Å². The van der Waals surface area contributed by atoms with E-state index in [2.05, 4.69) is 19.9 Å². The molecule has 5 heterocycles. The summed E-state index contributed by atoms with van der Waals surface area (Å²) < 4.78 is 3.81. The smallest absolute Gasteiger partial charge is 0.201 e. The maximum absolute atomic E-state index is 10.8. The molecule has 0 saturated heterocycles. The van der Waals surface area contributed by atoms with Gasteiger partial charge < -0.3 is 14.1 Å². The number of hydrogen-bond donors (Lipinski definition) is 1. The lowest BCUT2D eigenvalue weighted by Gasteiger charge is -2.05. The van der Waals surface area contributed by atoms with Crippen LogP contribution in [0.3, 0.4) is 0 Å². The Hall–Kier alpha value is -3.74. The third kappa shape index (κ3) is 2.69. The minimum atomic E-state index is 0.195. The second kappa shape index (κ2) is 6.21. The zero-order chi connectivity index (χ0) is 18.2. The molecule has 0 aliphatic carbocycles. The van der Waals surface area contributed by atoms with Gasteiger partial charge >= 0.3 is 0 Å². The third-order valence-corrected chi connectivity index (χ3v) is 4.65. The Kier molecular flexibility index (Phi) is 3.57. The number of imidazole rings is 1. The molecule has 27 heavy (non-hydrogen) atoms. The standard InChI is InChI=1S/C20H16N6O/c27-20-19-16(14-9-21-13-22-10-14)4-6-23-17(19)12-26(20)8-5-15-11-25-7-2-1-3-18(25)24-15/h1-4,6-7,9-13,27H,5,8H2. The summed E-state index contributed by atoms with van der Waals surface area (Å²) in [4.78, 5) is 17.2. The molecular weight excluding hydrogens is 340 g/mol. The largest absolute Gasteiger partial charge is 0.494 e. The van der Waals surface area contributed by atoms with Crippen molar-refractivity contribution in [3.8, 4) is 17.0 Å². The first-order valence-electron chi connectivity index (χ1n) is 8.64. The van der Waals surface area contributed by atoms with Crippen LogP contribution in [0.4, 0.5) is 0 Å². The first kappa shape index (κ1) is 15.5. The van der Waals surface area contributed by atoms with Crippen molar-refractivity contribution >= 4 is 16.6 Å².